The molecular formula is C14H18N4O3. The molecule has 0 radical (unpaired) electrons. The normalized spacial score (nSPS) is 28.2. The SMILES string of the molecule is NC(=O)[C@@H]1C[C@@H]2CCCC[C@@H]2N1c1ccncc1[N+](=O)[O-]. The maximum absolute atomic E-state index is 11.8. The molecule has 1 saturated carbocycles. The van der Waals surface area contributed by atoms with Crippen LogP contribution in [0.1, 0.15) is 32.1 Å². The molecule has 2 fully saturated rings. The number of aromatic nitrogens is 1. The van der Waals surface area contributed by atoms with Crippen molar-refractivity contribution in [2.75, 3.05) is 4.90 Å². The molecule has 0 aromatic carbocycles. The van der Waals surface area contributed by atoms with E-state index in [0.29, 0.717) is 18.0 Å². The molecule has 0 spiro atoms. The van der Waals surface area contributed by atoms with Gasteiger partial charge in [-0.05, 0) is 31.2 Å². The largest absolute Gasteiger partial charge is 0.368 e. The molecule has 3 atom stereocenters. The molecule has 21 heavy (non-hydrogen) atoms. The van der Waals surface area contributed by atoms with Crippen LogP contribution in [0.4, 0.5) is 11.4 Å². The average Bonchev–Trinajstić information content (AvgIpc) is 2.86. The van der Waals surface area contributed by atoms with Gasteiger partial charge in [0, 0.05) is 12.2 Å². The van der Waals surface area contributed by atoms with Crippen LogP contribution in [0.25, 0.3) is 0 Å². The lowest BCUT2D eigenvalue weighted by molar-refractivity contribution is -0.384. The third kappa shape index (κ3) is 2.32. The number of primary amides is 1. The number of rotatable bonds is 3. The summed E-state index contributed by atoms with van der Waals surface area (Å²) in [4.78, 5) is 28.3. The molecule has 1 amide bonds. The van der Waals surface area contributed by atoms with E-state index in [2.05, 4.69) is 4.98 Å². The van der Waals surface area contributed by atoms with E-state index in [1.807, 2.05) is 4.90 Å². The number of pyridine rings is 1. The Morgan fingerprint density at radius 1 is 1.43 bits per heavy atom. The minimum atomic E-state index is -0.459. The minimum Gasteiger partial charge on any atom is -0.368 e. The first-order valence-electron chi connectivity index (χ1n) is 7.25. The van der Waals surface area contributed by atoms with Gasteiger partial charge in [-0.1, -0.05) is 12.8 Å². The highest BCUT2D eigenvalue weighted by molar-refractivity contribution is 5.86. The van der Waals surface area contributed by atoms with Gasteiger partial charge in [-0.15, -0.1) is 0 Å². The van der Waals surface area contributed by atoms with E-state index in [-0.39, 0.29) is 11.7 Å². The lowest BCUT2D eigenvalue weighted by Crippen LogP contribution is -2.45. The first-order valence-corrected chi connectivity index (χ1v) is 7.25. The van der Waals surface area contributed by atoms with E-state index < -0.39 is 16.9 Å². The summed E-state index contributed by atoms with van der Waals surface area (Å²) in [6.45, 7) is 0. The number of hydrogen-bond acceptors (Lipinski definition) is 5. The number of nitrogens with two attached hydrogens (primary N) is 1. The Hall–Kier alpha value is -2.18. The molecule has 3 rings (SSSR count). The van der Waals surface area contributed by atoms with Crippen molar-refractivity contribution in [2.45, 2.75) is 44.2 Å². The Labute approximate surface area is 122 Å². The van der Waals surface area contributed by atoms with Crippen LogP contribution in [0.5, 0.6) is 0 Å². The molecule has 7 heteroatoms. The quantitative estimate of drug-likeness (QED) is 0.673. The van der Waals surface area contributed by atoms with Crippen LogP contribution in [-0.4, -0.2) is 27.9 Å². The fourth-order valence-corrected chi connectivity index (χ4v) is 3.80. The predicted octanol–water partition coefficient (Wildman–Crippen LogP) is 1.61. The Morgan fingerprint density at radius 3 is 2.90 bits per heavy atom. The molecule has 0 bridgehead atoms. The Bertz CT molecular complexity index is 577. The van der Waals surface area contributed by atoms with E-state index in [1.54, 1.807) is 6.07 Å². The number of carbonyl (C=O) groups excluding carboxylic acids is 1. The number of nitrogens with zero attached hydrogens (tertiary/aromatic N) is 3. The van der Waals surface area contributed by atoms with Gasteiger partial charge >= 0.3 is 5.69 Å². The molecule has 2 heterocycles. The molecule has 1 saturated heterocycles. The number of anilines is 1. The molecule has 0 unspecified atom stereocenters. The summed E-state index contributed by atoms with van der Waals surface area (Å²) in [6.07, 6.45) is 7.71. The van der Waals surface area contributed by atoms with E-state index in [0.717, 1.165) is 25.7 Å². The minimum absolute atomic E-state index is 0.0602. The van der Waals surface area contributed by atoms with Crippen molar-refractivity contribution >= 4 is 17.3 Å². The van der Waals surface area contributed by atoms with Gasteiger partial charge in [0.2, 0.25) is 5.91 Å². The van der Waals surface area contributed by atoms with Gasteiger partial charge in [0.25, 0.3) is 0 Å². The molecule has 1 aromatic heterocycles. The van der Waals surface area contributed by atoms with Crippen molar-refractivity contribution in [1.29, 1.82) is 0 Å². The number of nitro groups is 1. The zero-order valence-corrected chi connectivity index (χ0v) is 11.6. The third-order valence-corrected chi connectivity index (χ3v) is 4.67. The van der Waals surface area contributed by atoms with Gasteiger partial charge in [-0.25, -0.2) is 0 Å². The van der Waals surface area contributed by atoms with Crippen LogP contribution in [-0.2, 0) is 4.79 Å². The van der Waals surface area contributed by atoms with Crippen LogP contribution < -0.4 is 10.6 Å². The highest BCUT2D eigenvalue weighted by atomic mass is 16.6. The summed E-state index contributed by atoms with van der Waals surface area (Å²) in [5.41, 5.74) is 5.95. The fraction of sp³-hybridized carbons (Fsp3) is 0.571. The Balaban J connectivity index is 2.04. The second-order valence-electron chi connectivity index (χ2n) is 5.79. The lowest BCUT2D eigenvalue weighted by atomic mass is 9.84. The van der Waals surface area contributed by atoms with Crippen LogP contribution in [0.3, 0.4) is 0 Å². The topological polar surface area (TPSA) is 102 Å². The Morgan fingerprint density at radius 2 is 2.19 bits per heavy atom. The second-order valence-corrected chi connectivity index (χ2v) is 5.79. The van der Waals surface area contributed by atoms with Crippen LogP contribution in [0.15, 0.2) is 18.5 Å². The van der Waals surface area contributed by atoms with E-state index in [4.69, 9.17) is 5.73 Å². The highest BCUT2D eigenvalue weighted by Gasteiger charge is 2.46. The molecule has 1 aliphatic carbocycles. The van der Waals surface area contributed by atoms with Crippen molar-refractivity contribution in [3.8, 4) is 0 Å². The summed E-state index contributed by atoms with van der Waals surface area (Å²) in [5, 5.41) is 11.2. The van der Waals surface area contributed by atoms with Gasteiger partial charge in [0.1, 0.15) is 17.9 Å². The molecule has 1 aromatic rings. The zero-order valence-electron chi connectivity index (χ0n) is 11.6. The number of hydrogen-bond donors (Lipinski definition) is 1. The van der Waals surface area contributed by atoms with Gasteiger partial charge in [0.05, 0.1) is 4.92 Å². The standard InChI is InChI=1S/C14H18N4O3/c15-14(19)12-7-9-3-1-2-4-10(9)17(12)11-5-6-16-8-13(11)18(20)21/h5-6,8-10,12H,1-4,7H2,(H2,15,19)/t9-,10-,12-/m0/s1. The fourth-order valence-electron chi connectivity index (χ4n) is 3.80. The first-order chi connectivity index (χ1) is 10.1. The molecule has 1 aliphatic heterocycles. The van der Waals surface area contributed by atoms with Crippen molar-refractivity contribution < 1.29 is 9.72 Å². The Kier molecular flexibility index (Phi) is 3.48. The predicted molar refractivity (Wildman–Crippen MR) is 76.7 cm³/mol. The average molecular weight is 290 g/mol. The van der Waals surface area contributed by atoms with Crippen molar-refractivity contribution in [3.05, 3.63) is 28.6 Å². The third-order valence-electron chi connectivity index (χ3n) is 4.67. The van der Waals surface area contributed by atoms with Crippen LogP contribution in [0, 0.1) is 16.0 Å². The van der Waals surface area contributed by atoms with E-state index >= 15 is 0 Å². The van der Waals surface area contributed by atoms with Gasteiger partial charge in [-0.2, -0.15) is 0 Å². The molecule has 7 nitrogen and oxygen atoms in total. The molecule has 112 valence electrons. The van der Waals surface area contributed by atoms with E-state index in [1.165, 1.54) is 12.4 Å². The van der Waals surface area contributed by atoms with Gasteiger partial charge in [0.15, 0.2) is 0 Å². The van der Waals surface area contributed by atoms with Crippen molar-refractivity contribution in [1.82, 2.24) is 4.98 Å². The smallest absolute Gasteiger partial charge is 0.310 e. The maximum Gasteiger partial charge on any atom is 0.310 e. The second kappa shape index (κ2) is 5.31. The highest BCUT2D eigenvalue weighted by Crippen LogP contribution is 2.44. The summed E-state index contributed by atoms with van der Waals surface area (Å²) in [6, 6.07) is 1.32. The van der Waals surface area contributed by atoms with Crippen LogP contribution in [0.2, 0.25) is 0 Å². The van der Waals surface area contributed by atoms with Crippen molar-refractivity contribution in [2.24, 2.45) is 11.7 Å². The number of carbonyl (C=O) groups is 1. The first kappa shape index (κ1) is 13.8. The summed E-state index contributed by atoms with van der Waals surface area (Å²) >= 11 is 0. The molecule has 2 aliphatic rings. The van der Waals surface area contributed by atoms with Gasteiger partial charge in [-0.3, -0.25) is 19.9 Å². The van der Waals surface area contributed by atoms with Crippen molar-refractivity contribution in [3.63, 3.8) is 0 Å². The zero-order chi connectivity index (χ0) is 15.0. The number of amides is 1. The molecule has 2 N–H and O–H groups in total. The monoisotopic (exact) mass is 290 g/mol. The summed E-state index contributed by atoms with van der Waals surface area (Å²) in [7, 11) is 0. The van der Waals surface area contributed by atoms with E-state index in [9.17, 15) is 14.9 Å². The molecular weight excluding hydrogens is 272 g/mol. The summed E-state index contributed by atoms with van der Waals surface area (Å²) in [5.74, 6) is -0.0143. The van der Waals surface area contributed by atoms with Gasteiger partial charge < -0.3 is 10.6 Å². The maximum atomic E-state index is 11.8. The number of fused-ring (bicyclic) bond motifs is 1. The van der Waals surface area contributed by atoms with Crippen LogP contribution >= 0.6 is 0 Å². The summed E-state index contributed by atoms with van der Waals surface area (Å²) < 4.78 is 0. The lowest BCUT2D eigenvalue weighted by Gasteiger charge is -2.34.